The molecule has 4 nitrogen and oxygen atoms in total. The Balaban J connectivity index is 2.34. The first-order valence-electron chi connectivity index (χ1n) is 6.60. The van der Waals surface area contributed by atoms with Crippen molar-refractivity contribution >= 4 is 16.7 Å². The van der Waals surface area contributed by atoms with Gasteiger partial charge >= 0.3 is 5.97 Å². The van der Waals surface area contributed by atoms with E-state index in [9.17, 15) is 15.0 Å². The van der Waals surface area contributed by atoms with E-state index in [4.69, 9.17) is 5.26 Å². The standard InChI is InChI=1S/C18H11NO3/c19-10-11-5-7-12(8-6-11)15-9-16(18(21)22)17(20)14-4-2-1-3-13(14)15/h1-9,20H,(H,21,22). The van der Waals surface area contributed by atoms with Gasteiger partial charge in [0, 0.05) is 5.39 Å². The zero-order valence-corrected chi connectivity index (χ0v) is 11.4. The second-order valence-corrected chi connectivity index (χ2v) is 4.86. The molecule has 0 saturated carbocycles. The van der Waals surface area contributed by atoms with Crippen LogP contribution in [0.4, 0.5) is 0 Å². The molecule has 0 atom stereocenters. The van der Waals surface area contributed by atoms with Gasteiger partial charge in [0.1, 0.15) is 11.3 Å². The molecule has 0 bridgehead atoms. The van der Waals surface area contributed by atoms with Crippen molar-refractivity contribution in [3.8, 4) is 22.9 Å². The molecule has 22 heavy (non-hydrogen) atoms. The third kappa shape index (κ3) is 2.15. The number of hydrogen-bond donors (Lipinski definition) is 2. The molecule has 3 aromatic rings. The Morgan fingerprint density at radius 2 is 1.64 bits per heavy atom. The minimum atomic E-state index is -1.18. The van der Waals surface area contributed by atoms with Crippen LogP contribution in [-0.2, 0) is 0 Å². The summed E-state index contributed by atoms with van der Waals surface area (Å²) in [7, 11) is 0. The highest BCUT2D eigenvalue weighted by atomic mass is 16.4. The van der Waals surface area contributed by atoms with Gasteiger partial charge in [0.2, 0.25) is 0 Å². The van der Waals surface area contributed by atoms with E-state index in [2.05, 4.69) is 0 Å². The fourth-order valence-electron chi connectivity index (χ4n) is 2.49. The number of carboxylic acid groups (broad SMARTS) is 1. The molecule has 0 amide bonds. The number of hydrogen-bond acceptors (Lipinski definition) is 3. The highest BCUT2D eigenvalue weighted by Crippen LogP contribution is 2.37. The van der Waals surface area contributed by atoms with E-state index in [0.29, 0.717) is 16.5 Å². The van der Waals surface area contributed by atoms with E-state index in [1.165, 1.54) is 6.07 Å². The fraction of sp³-hybridized carbons (Fsp3) is 0. The molecule has 0 aliphatic heterocycles. The maximum atomic E-state index is 11.3. The summed E-state index contributed by atoms with van der Waals surface area (Å²) in [5.74, 6) is -1.42. The molecule has 0 radical (unpaired) electrons. The quantitative estimate of drug-likeness (QED) is 0.752. The molecule has 2 N–H and O–H groups in total. The molecular weight excluding hydrogens is 278 g/mol. The summed E-state index contributed by atoms with van der Waals surface area (Å²) in [6, 6.07) is 17.5. The summed E-state index contributed by atoms with van der Waals surface area (Å²) in [6.07, 6.45) is 0. The predicted molar refractivity (Wildman–Crippen MR) is 82.7 cm³/mol. The Bertz CT molecular complexity index is 921. The predicted octanol–water partition coefficient (Wildman–Crippen LogP) is 3.78. The molecule has 0 aromatic heterocycles. The van der Waals surface area contributed by atoms with Crippen LogP contribution in [0.1, 0.15) is 15.9 Å². The monoisotopic (exact) mass is 289 g/mol. The Hall–Kier alpha value is -3.32. The maximum absolute atomic E-state index is 11.3. The van der Waals surface area contributed by atoms with Crippen LogP contribution in [0.25, 0.3) is 21.9 Å². The number of carboxylic acids is 1. The number of nitriles is 1. The Morgan fingerprint density at radius 3 is 2.23 bits per heavy atom. The second kappa shape index (κ2) is 5.23. The minimum Gasteiger partial charge on any atom is -0.506 e. The van der Waals surface area contributed by atoms with Crippen molar-refractivity contribution in [2.24, 2.45) is 0 Å². The minimum absolute atomic E-state index is 0.141. The average Bonchev–Trinajstić information content (AvgIpc) is 2.55. The molecule has 0 aliphatic carbocycles. The van der Waals surface area contributed by atoms with Gasteiger partial charge in [-0.25, -0.2) is 4.79 Å². The lowest BCUT2D eigenvalue weighted by molar-refractivity contribution is 0.0694. The first-order chi connectivity index (χ1) is 10.6. The molecule has 3 aromatic carbocycles. The van der Waals surface area contributed by atoms with Gasteiger partial charge in [0.25, 0.3) is 0 Å². The maximum Gasteiger partial charge on any atom is 0.339 e. The lowest BCUT2D eigenvalue weighted by Gasteiger charge is -2.11. The van der Waals surface area contributed by atoms with Crippen LogP contribution in [-0.4, -0.2) is 16.2 Å². The Labute approximate surface area is 126 Å². The summed E-state index contributed by atoms with van der Waals surface area (Å²) < 4.78 is 0. The third-order valence-electron chi connectivity index (χ3n) is 3.57. The van der Waals surface area contributed by atoms with Crippen LogP contribution in [0, 0.1) is 11.3 Å². The number of aromatic carboxylic acids is 1. The average molecular weight is 289 g/mol. The number of carbonyl (C=O) groups is 1. The lowest BCUT2D eigenvalue weighted by Crippen LogP contribution is -1.98. The molecule has 0 heterocycles. The van der Waals surface area contributed by atoms with E-state index in [1.54, 1.807) is 36.4 Å². The molecular formula is C18H11NO3. The molecule has 106 valence electrons. The van der Waals surface area contributed by atoms with Gasteiger partial charge in [-0.3, -0.25) is 0 Å². The van der Waals surface area contributed by atoms with E-state index >= 15 is 0 Å². The van der Waals surface area contributed by atoms with Crippen molar-refractivity contribution in [2.75, 3.05) is 0 Å². The van der Waals surface area contributed by atoms with Gasteiger partial charge in [0.05, 0.1) is 11.6 Å². The van der Waals surface area contributed by atoms with Crippen LogP contribution in [0.3, 0.4) is 0 Å². The van der Waals surface area contributed by atoms with Crippen molar-refractivity contribution in [2.45, 2.75) is 0 Å². The Kier molecular flexibility index (Phi) is 3.24. The largest absolute Gasteiger partial charge is 0.506 e. The number of benzene rings is 3. The summed E-state index contributed by atoms with van der Waals surface area (Å²) in [5, 5.41) is 29.5. The van der Waals surface area contributed by atoms with Crippen molar-refractivity contribution in [3.63, 3.8) is 0 Å². The van der Waals surface area contributed by atoms with Gasteiger partial charge < -0.3 is 10.2 Å². The molecule has 0 saturated heterocycles. The fourth-order valence-corrected chi connectivity index (χ4v) is 2.49. The number of rotatable bonds is 2. The van der Waals surface area contributed by atoms with Crippen molar-refractivity contribution in [3.05, 3.63) is 65.7 Å². The molecule has 0 spiro atoms. The second-order valence-electron chi connectivity index (χ2n) is 4.86. The smallest absolute Gasteiger partial charge is 0.339 e. The first-order valence-corrected chi connectivity index (χ1v) is 6.60. The molecule has 0 fully saturated rings. The van der Waals surface area contributed by atoms with E-state index in [-0.39, 0.29) is 11.3 Å². The van der Waals surface area contributed by atoms with Crippen molar-refractivity contribution in [1.82, 2.24) is 0 Å². The summed E-state index contributed by atoms with van der Waals surface area (Å²) in [6.45, 7) is 0. The summed E-state index contributed by atoms with van der Waals surface area (Å²) >= 11 is 0. The van der Waals surface area contributed by atoms with Crippen LogP contribution >= 0.6 is 0 Å². The number of fused-ring (bicyclic) bond motifs is 1. The Morgan fingerprint density at radius 1 is 1.00 bits per heavy atom. The third-order valence-corrected chi connectivity index (χ3v) is 3.57. The van der Waals surface area contributed by atoms with Gasteiger partial charge in [-0.1, -0.05) is 36.4 Å². The van der Waals surface area contributed by atoms with Crippen LogP contribution in [0.2, 0.25) is 0 Å². The molecule has 3 rings (SSSR count). The summed E-state index contributed by atoms with van der Waals surface area (Å²) in [4.78, 5) is 11.3. The lowest BCUT2D eigenvalue weighted by atomic mass is 9.94. The zero-order valence-electron chi connectivity index (χ0n) is 11.4. The van der Waals surface area contributed by atoms with Gasteiger partial charge in [0.15, 0.2) is 0 Å². The van der Waals surface area contributed by atoms with Gasteiger partial charge in [-0.2, -0.15) is 5.26 Å². The van der Waals surface area contributed by atoms with Gasteiger partial charge in [-0.15, -0.1) is 0 Å². The molecule has 0 unspecified atom stereocenters. The number of aromatic hydroxyl groups is 1. The number of phenols is 1. The van der Waals surface area contributed by atoms with Crippen molar-refractivity contribution in [1.29, 1.82) is 5.26 Å². The van der Waals surface area contributed by atoms with Crippen LogP contribution in [0.15, 0.2) is 54.6 Å². The molecule has 0 aliphatic rings. The first kappa shape index (κ1) is 13.7. The topological polar surface area (TPSA) is 81.3 Å². The summed E-state index contributed by atoms with van der Waals surface area (Å²) in [5.41, 5.74) is 1.89. The number of nitrogens with zero attached hydrogens (tertiary/aromatic N) is 1. The normalized spacial score (nSPS) is 10.3. The zero-order chi connectivity index (χ0) is 15.7. The van der Waals surface area contributed by atoms with E-state index < -0.39 is 5.97 Å². The SMILES string of the molecule is N#Cc1ccc(-c2cc(C(=O)O)c(O)c3ccccc23)cc1. The van der Waals surface area contributed by atoms with Gasteiger partial charge in [-0.05, 0) is 34.7 Å². The highest BCUT2D eigenvalue weighted by molar-refractivity contribution is 6.07. The van der Waals surface area contributed by atoms with E-state index in [0.717, 1.165) is 10.9 Å². The highest BCUT2D eigenvalue weighted by Gasteiger charge is 2.16. The van der Waals surface area contributed by atoms with Crippen molar-refractivity contribution < 1.29 is 15.0 Å². The van der Waals surface area contributed by atoms with Crippen LogP contribution < -0.4 is 0 Å². The van der Waals surface area contributed by atoms with Crippen LogP contribution in [0.5, 0.6) is 5.75 Å². The van der Waals surface area contributed by atoms with E-state index in [1.807, 2.05) is 18.2 Å². The molecule has 4 heteroatoms.